The summed E-state index contributed by atoms with van der Waals surface area (Å²) in [7, 11) is 0. The molecular formula is C12H20BrNO. The Bertz CT molecular complexity index is 258. The van der Waals surface area contributed by atoms with E-state index in [0.29, 0.717) is 0 Å². The lowest BCUT2D eigenvalue weighted by Gasteiger charge is -2.23. The standard InChI is InChI=1S/C12H20BrNO/c1-5-7-9-12(11(4)15)14(13)10(3)8-6-2/h6,8-10H,5,7H2,1-4H3/b8-6-,12-9-. The van der Waals surface area contributed by atoms with E-state index in [2.05, 4.69) is 23.1 Å². The monoisotopic (exact) mass is 273 g/mol. The Balaban J connectivity index is 4.69. The summed E-state index contributed by atoms with van der Waals surface area (Å²) in [4.78, 5) is 11.4. The fraction of sp³-hybridized carbons (Fsp3) is 0.583. The van der Waals surface area contributed by atoms with Crippen molar-refractivity contribution in [2.45, 2.75) is 46.6 Å². The third-order valence-electron chi connectivity index (χ3n) is 2.05. The van der Waals surface area contributed by atoms with Crippen LogP contribution in [0, 0.1) is 0 Å². The lowest BCUT2D eigenvalue weighted by molar-refractivity contribution is -0.114. The summed E-state index contributed by atoms with van der Waals surface area (Å²) in [5.41, 5.74) is 0.738. The van der Waals surface area contributed by atoms with Crippen molar-refractivity contribution < 1.29 is 4.79 Å². The van der Waals surface area contributed by atoms with Crippen molar-refractivity contribution >= 4 is 21.9 Å². The molecule has 0 aromatic heterocycles. The maximum atomic E-state index is 11.4. The van der Waals surface area contributed by atoms with Crippen LogP contribution in [0.1, 0.15) is 40.5 Å². The van der Waals surface area contributed by atoms with Gasteiger partial charge in [0.2, 0.25) is 0 Å². The van der Waals surface area contributed by atoms with Gasteiger partial charge in [0, 0.05) is 6.92 Å². The third-order valence-corrected chi connectivity index (χ3v) is 3.07. The van der Waals surface area contributed by atoms with Gasteiger partial charge in [0.25, 0.3) is 0 Å². The van der Waals surface area contributed by atoms with Crippen LogP contribution >= 0.6 is 16.1 Å². The second kappa shape index (κ2) is 7.69. The number of allylic oxidation sites excluding steroid dienone is 3. The van der Waals surface area contributed by atoms with Gasteiger partial charge < -0.3 is 0 Å². The Hall–Kier alpha value is -0.570. The smallest absolute Gasteiger partial charge is 0.176 e. The number of rotatable bonds is 6. The van der Waals surface area contributed by atoms with E-state index in [1.807, 2.05) is 36.0 Å². The predicted octanol–water partition coefficient (Wildman–Crippen LogP) is 3.84. The minimum atomic E-state index is 0.0941. The first-order valence-electron chi connectivity index (χ1n) is 5.33. The maximum absolute atomic E-state index is 11.4. The second-order valence-electron chi connectivity index (χ2n) is 3.51. The number of carbonyl (C=O) groups is 1. The highest BCUT2D eigenvalue weighted by atomic mass is 79.9. The fourth-order valence-electron chi connectivity index (χ4n) is 1.24. The van der Waals surface area contributed by atoms with Crippen LogP contribution in [0.2, 0.25) is 0 Å². The molecule has 0 radical (unpaired) electrons. The highest BCUT2D eigenvalue weighted by Gasteiger charge is 2.14. The van der Waals surface area contributed by atoms with E-state index in [1.54, 1.807) is 6.92 Å². The molecule has 0 bridgehead atoms. The Morgan fingerprint density at radius 2 is 2.13 bits per heavy atom. The molecule has 0 amide bonds. The van der Waals surface area contributed by atoms with Crippen molar-refractivity contribution in [2.75, 3.05) is 0 Å². The number of Topliss-reactive ketones (excluding diaryl/α,β-unsaturated/α-hetero) is 1. The highest BCUT2D eigenvalue weighted by molar-refractivity contribution is 9.07. The number of unbranched alkanes of at least 4 members (excludes halogenated alkanes) is 1. The van der Waals surface area contributed by atoms with Crippen molar-refractivity contribution in [2.24, 2.45) is 0 Å². The van der Waals surface area contributed by atoms with Crippen LogP contribution in [-0.2, 0) is 4.79 Å². The van der Waals surface area contributed by atoms with E-state index in [9.17, 15) is 4.79 Å². The van der Waals surface area contributed by atoms with Gasteiger partial charge in [-0.25, -0.2) is 0 Å². The van der Waals surface area contributed by atoms with Crippen molar-refractivity contribution in [3.63, 3.8) is 0 Å². The highest BCUT2D eigenvalue weighted by Crippen LogP contribution is 2.18. The molecule has 0 aromatic carbocycles. The first kappa shape index (κ1) is 14.4. The van der Waals surface area contributed by atoms with Gasteiger partial charge in [0.05, 0.1) is 27.9 Å². The molecule has 2 nitrogen and oxygen atoms in total. The Morgan fingerprint density at radius 3 is 2.53 bits per heavy atom. The van der Waals surface area contributed by atoms with Crippen LogP contribution in [0.25, 0.3) is 0 Å². The molecule has 0 N–H and O–H groups in total. The summed E-state index contributed by atoms with van der Waals surface area (Å²) < 4.78 is 1.84. The van der Waals surface area contributed by atoms with Gasteiger partial charge in [-0.05, 0) is 20.3 Å². The number of hydrogen-bond donors (Lipinski definition) is 0. The van der Waals surface area contributed by atoms with E-state index in [-0.39, 0.29) is 11.8 Å². The molecule has 0 aliphatic rings. The van der Waals surface area contributed by atoms with E-state index in [4.69, 9.17) is 0 Å². The quantitative estimate of drug-likeness (QED) is 0.416. The van der Waals surface area contributed by atoms with Gasteiger partial charge in [-0.1, -0.05) is 31.6 Å². The molecule has 0 saturated carbocycles. The van der Waals surface area contributed by atoms with E-state index < -0.39 is 0 Å². The molecule has 3 heteroatoms. The van der Waals surface area contributed by atoms with Gasteiger partial charge in [-0.15, -0.1) is 0 Å². The molecule has 0 aliphatic heterocycles. The molecule has 0 aromatic rings. The minimum absolute atomic E-state index is 0.0941. The number of halogens is 1. The summed E-state index contributed by atoms with van der Waals surface area (Å²) in [5, 5.41) is 0. The largest absolute Gasteiger partial charge is 0.299 e. The van der Waals surface area contributed by atoms with Crippen molar-refractivity contribution in [1.29, 1.82) is 0 Å². The third kappa shape index (κ3) is 5.17. The lowest BCUT2D eigenvalue weighted by atomic mass is 10.2. The maximum Gasteiger partial charge on any atom is 0.176 e. The molecule has 86 valence electrons. The fourth-order valence-corrected chi connectivity index (χ4v) is 1.77. The summed E-state index contributed by atoms with van der Waals surface area (Å²) in [6.07, 6.45) is 7.99. The summed E-state index contributed by atoms with van der Waals surface area (Å²) in [5.74, 6) is 0.0941. The van der Waals surface area contributed by atoms with Crippen molar-refractivity contribution in [3.05, 3.63) is 23.9 Å². The predicted molar refractivity (Wildman–Crippen MR) is 68.7 cm³/mol. The van der Waals surface area contributed by atoms with Crippen molar-refractivity contribution in [3.8, 4) is 0 Å². The molecule has 0 spiro atoms. The van der Waals surface area contributed by atoms with Crippen LogP contribution in [0.3, 0.4) is 0 Å². The number of hydrogen-bond acceptors (Lipinski definition) is 2. The normalized spacial score (nSPS) is 14.3. The Morgan fingerprint density at radius 1 is 1.53 bits per heavy atom. The molecule has 1 atom stereocenters. The second-order valence-corrected chi connectivity index (χ2v) is 4.28. The summed E-state index contributed by atoms with van der Waals surface area (Å²) in [6, 6.07) is 0.182. The van der Waals surface area contributed by atoms with Crippen molar-refractivity contribution in [1.82, 2.24) is 3.93 Å². The number of ketones is 1. The summed E-state index contributed by atoms with van der Waals surface area (Å²) >= 11 is 3.43. The van der Waals surface area contributed by atoms with Crippen LogP contribution in [0.15, 0.2) is 23.9 Å². The topological polar surface area (TPSA) is 20.3 Å². The number of nitrogens with zero attached hydrogens (tertiary/aromatic N) is 1. The first-order chi connectivity index (χ1) is 7.04. The molecule has 0 heterocycles. The molecule has 0 fully saturated rings. The first-order valence-corrected chi connectivity index (χ1v) is 6.04. The summed E-state index contributed by atoms with van der Waals surface area (Å²) in [6.45, 7) is 7.71. The van der Waals surface area contributed by atoms with Gasteiger partial charge in [0.15, 0.2) is 5.78 Å². The van der Waals surface area contributed by atoms with Crippen LogP contribution in [-0.4, -0.2) is 15.8 Å². The average molecular weight is 274 g/mol. The lowest BCUT2D eigenvalue weighted by Crippen LogP contribution is -2.24. The van der Waals surface area contributed by atoms with Crippen LogP contribution in [0.4, 0.5) is 0 Å². The molecule has 15 heavy (non-hydrogen) atoms. The zero-order valence-electron chi connectivity index (χ0n) is 9.96. The van der Waals surface area contributed by atoms with E-state index in [1.165, 1.54) is 0 Å². The molecule has 0 aliphatic carbocycles. The van der Waals surface area contributed by atoms with E-state index >= 15 is 0 Å². The Labute approximate surface area is 101 Å². The molecular weight excluding hydrogens is 254 g/mol. The van der Waals surface area contributed by atoms with Gasteiger partial charge in [-0.3, -0.25) is 8.72 Å². The molecule has 0 rings (SSSR count). The van der Waals surface area contributed by atoms with Gasteiger partial charge in [0.1, 0.15) is 0 Å². The van der Waals surface area contributed by atoms with Crippen LogP contribution in [0.5, 0.6) is 0 Å². The minimum Gasteiger partial charge on any atom is -0.299 e. The van der Waals surface area contributed by atoms with Crippen LogP contribution < -0.4 is 0 Å². The Kier molecular flexibility index (Phi) is 7.39. The zero-order chi connectivity index (χ0) is 11.8. The zero-order valence-corrected chi connectivity index (χ0v) is 11.5. The number of carbonyl (C=O) groups excluding carboxylic acids is 1. The van der Waals surface area contributed by atoms with Gasteiger partial charge in [-0.2, -0.15) is 0 Å². The SMILES string of the molecule is C/C=C\C(C)N(Br)/C(=C\CCC)C(C)=O. The molecule has 0 saturated heterocycles. The van der Waals surface area contributed by atoms with Gasteiger partial charge >= 0.3 is 0 Å². The van der Waals surface area contributed by atoms with E-state index in [0.717, 1.165) is 18.5 Å². The molecule has 1 unspecified atom stereocenters. The average Bonchev–Trinajstić information content (AvgIpc) is 2.18.